The first-order chi connectivity index (χ1) is 10.1. The van der Waals surface area contributed by atoms with Crippen molar-refractivity contribution in [3.8, 4) is 0 Å². The number of halogens is 1. The summed E-state index contributed by atoms with van der Waals surface area (Å²) in [6, 6.07) is 17.6. The Morgan fingerprint density at radius 2 is 1.68 bits per heavy atom. The molecule has 3 N–H and O–H groups in total. The van der Waals surface area contributed by atoms with Gasteiger partial charge < -0.3 is 11.1 Å². The summed E-state index contributed by atoms with van der Waals surface area (Å²) < 4.78 is 0. The average molecular weight is 319 g/mol. The van der Waals surface area contributed by atoms with Crippen molar-refractivity contribution in [3.05, 3.63) is 65.7 Å². The molecule has 2 aromatic carbocycles. The molecule has 118 valence electrons. The fourth-order valence-corrected chi connectivity index (χ4v) is 2.28. The summed E-state index contributed by atoms with van der Waals surface area (Å²) in [7, 11) is 0. The van der Waals surface area contributed by atoms with E-state index in [1.54, 1.807) is 0 Å². The van der Waals surface area contributed by atoms with E-state index >= 15 is 0 Å². The summed E-state index contributed by atoms with van der Waals surface area (Å²) in [4.78, 5) is 12.4. The molecule has 0 aliphatic rings. The molecule has 0 aromatic heterocycles. The number of hydrogen-bond donors (Lipinski definition) is 2. The van der Waals surface area contributed by atoms with Gasteiger partial charge in [-0.15, -0.1) is 12.4 Å². The van der Waals surface area contributed by atoms with Gasteiger partial charge in [0.15, 0.2) is 0 Å². The largest absolute Gasteiger partial charge is 0.329 e. The fraction of sp³-hybridized carbons (Fsp3) is 0.278. The number of nitrogens with two attached hydrogens (primary N) is 1. The molecule has 1 atom stereocenters. The molecule has 2 aromatic rings. The maximum Gasteiger partial charge on any atom is 0.233 e. The van der Waals surface area contributed by atoms with Crippen molar-refractivity contribution in [1.29, 1.82) is 0 Å². The molecule has 2 rings (SSSR count). The predicted octanol–water partition coefficient (Wildman–Crippen LogP) is 3.91. The highest BCUT2D eigenvalue weighted by molar-refractivity contribution is 5.96. The average Bonchev–Trinajstić information content (AvgIpc) is 2.49. The Bertz CT molecular complexity index is 599. The SMILES string of the molecule is CC(C)c1cccc(NC(=O)C(CN)c2ccccc2)c1.Cl. The molecule has 1 amide bonds. The van der Waals surface area contributed by atoms with Crippen molar-refractivity contribution >= 4 is 24.0 Å². The van der Waals surface area contributed by atoms with Crippen LogP contribution in [-0.4, -0.2) is 12.5 Å². The molecule has 0 radical (unpaired) electrons. The van der Waals surface area contributed by atoms with Gasteiger partial charge in [-0.05, 0) is 29.2 Å². The number of rotatable bonds is 5. The Kier molecular flexibility index (Phi) is 7.09. The minimum atomic E-state index is -0.325. The molecule has 4 heteroatoms. The van der Waals surface area contributed by atoms with E-state index in [1.165, 1.54) is 5.56 Å². The molecule has 0 aliphatic heterocycles. The molecule has 22 heavy (non-hydrogen) atoms. The predicted molar refractivity (Wildman–Crippen MR) is 94.6 cm³/mol. The van der Waals surface area contributed by atoms with Crippen LogP contribution in [0.3, 0.4) is 0 Å². The third-order valence-corrected chi connectivity index (χ3v) is 3.57. The first-order valence-electron chi connectivity index (χ1n) is 7.27. The van der Waals surface area contributed by atoms with E-state index < -0.39 is 0 Å². The van der Waals surface area contributed by atoms with Gasteiger partial charge in [-0.2, -0.15) is 0 Å². The molecule has 0 saturated carbocycles. The number of amides is 1. The van der Waals surface area contributed by atoms with Gasteiger partial charge in [-0.1, -0.05) is 56.3 Å². The van der Waals surface area contributed by atoms with Crippen molar-refractivity contribution in [1.82, 2.24) is 0 Å². The summed E-state index contributed by atoms with van der Waals surface area (Å²) in [5.41, 5.74) is 8.74. The van der Waals surface area contributed by atoms with Crippen molar-refractivity contribution in [2.24, 2.45) is 5.73 Å². The number of hydrogen-bond acceptors (Lipinski definition) is 2. The molecule has 0 bridgehead atoms. The van der Waals surface area contributed by atoms with E-state index in [2.05, 4.69) is 25.2 Å². The summed E-state index contributed by atoms with van der Waals surface area (Å²) >= 11 is 0. The molecule has 0 heterocycles. The minimum absolute atomic E-state index is 0. The van der Waals surface area contributed by atoms with Gasteiger partial charge in [0, 0.05) is 12.2 Å². The molecule has 0 saturated heterocycles. The lowest BCUT2D eigenvalue weighted by Crippen LogP contribution is -2.27. The highest BCUT2D eigenvalue weighted by Crippen LogP contribution is 2.21. The topological polar surface area (TPSA) is 55.1 Å². The normalized spacial score (nSPS) is 11.6. The molecule has 0 fully saturated rings. The number of benzene rings is 2. The zero-order valence-electron chi connectivity index (χ0n) is 13.0. The Balaban J connectivity index is 0.00000242. The van der Waals surface area contributed by atoms with Crippen LogP contribution in [0.2, 0.25) is 0 Å². The molecule has 1 unspecified atom stereocenters. The van der Waals surface area contributed by atoms with Crippen LogP contribution in [0.25, 0.3) is 0 Å². The third-order valence-electron chi connectivity index (χ3n) is 3.57. The smallest absolute Gasteiger partial charge is 0.233 e. The van der Waals surface area contributed by atoms with Crippen molar-refractivity contribution in [3.63, 3.8) is 0 Å². The van der Waals surface area contributed by atoms with Gasteiger partial charge in [-0.25, -0.2) is 0 Å². The fourth-order valence-electron chi connectivity index (χ4n) is 2.28. The van der Waals surface area contributed by atoms with Crippen molar-refractivity contribution in [2.45, 2.75) is 25.7 Å². The van der Waals surface area contributed by atoms with Crippen LogP contribution in [0.5, 0.6) is 0 Å². The Labute approximate surface area is 138 Å². The molecule has 0 spiro atoms. The number of carbonyl (C=O) groups excluding carboxylic acids is 1. The highest BCUT2D eigenvalue weighted by Gasteiger charge is 2.18. The minimum Gasteiger partial charge on any atom is -0.329 e. The van der Waals surface area contributed by atoms with Crippen LogP contribution in [0.4, 0.5) is 5.69 Å². The van der Waals surface area contributed by atoms with Gasteiger partial charge in [0.1, 0.15) is 0 Å². The molecular weight excluding hydrogens is 296 g/mol. The number of nitrogens with one attached hydrogen (secondary N) is 1. The Morgan fingerprint density at radius 3 is 2.27 bits per heavy atom. The van der Waals surface area contributed by atoms with Crippen LogP contribution >= 0.6 is 12.4 Å². The van der Waals surface area contributed by atoms with Crippen molar-refractivity contribution in [2.75, 3.05) is 11.9 Å². The van der Waals surface area contributed by atoms with Gasteiger partial charge in [-0.3, -0.25) is 4.79 Å². The van der Waals surface area contributed by atoms with Gasteiger partial charge in [0.2, 0.25) is 5.91 Å². The van der Waals surface area contributed by atoms with Crippen molar-refractivity contribution < 1.29 is 4.79 Å². The van der Waals surface area contributed by atoms with E-state index in [-0.39, 0.29) is 24.2 Å². The molecule has 3 nitrogen and oxygen atoms in total. The lowest BCUT2D eigenvalue weighted by atomic mass is 9.98. The van der Waals surface area contributed by atoms with Crippen LogP contribution < -0.4 is 11.1 Å². The summed E-state index contributed by atoms with van der Waals surface area (Å²) in [6.45, 7) is 4.56. The molecular formula is C18H23ClN2O. The zero-order valence-corrected chi connectivity index (χ0v) is 13.8. The maximum absolute atomic E-state index is 12.4. The second-order valence-electron chi connectivity index (χ2n) is 5.47. The Morgan fingerprint density at radius 1 is 1.05 bits per heavy atom. The summed E-state index contributed by atoms with van der Waals surface area (Å²) in [5.74, 6) is 0.0415. The standard InChI is InChI=1S/C18H22N2O.ClH/c1-13(2)15-9-6-10-16(11-15)20-18(21)17(12-19)14-7-4-3-5-8-14;/h3-11,13,17H,12,19H2,1-2H3,(H,20,21);1H. The first kappa shape index (κ1) is 18.2. The second-order valence-corrected chi connectivity index (χ2v) is 5.47. The lowest BCUT2D eigenvalue weighted by molar-refractivity contribution is -0.117. The third kappa shape index (κ3) is 4.58. The number of anilines is 1. The van der Waals surface area contributed by atoms with Crippen LogP contribution in [0, 0.1) is 0 Å². The second kappa shape index (κ2) is 8.57. The van der Waals surface area contributed by atoms with E-state index in [9.17, 15) is 4.79 Å². The van der Waals surface area contributed by atoms with Crippen LogP contribution in [0.1, 0.15) is 36.8 Å². The lowest BCUT2D eigenvalue weighted by Gasteiger charge is -2.16. The quantitative estimate of drug-likeness (QED) is 0.878. The van der Waals surface area contributed by atoms with Gasteiger partial charge in [0.25, 0.3) is 0 Å². The van der Waals surface area contributed by atoms with E-state index in [0.717, 1.165) is 11.3 Å². The number of carbonyl (C=O) groups is 1. The van der Waals surface area contributed by atoms with E-state index in [4.69, 9.17) is 5.73 Å². The summed E-state index contributed by atoms with van der Waals surface area (Å²) in [6.07, 6.45) is 0. The van der Waals surface area contributed by atoms with E-state index in [0.29, 0.717) is 12.5 Å². The monoisotopic (exact) mass is 318 g/mol. The summed E-state index contributed by atoms with van der Waals surface area (Å²) in [5, 5.41) is 2.97. The zero-order chi connectivity index (χ0) is 15.2. The maximum atomic E-state index is 12.4. The Hall–Kier alpha value is -1.84. The van der Waals surface area contributed by atoms with Crippen LogP contribution in [-0.2, 0) is 4.79 Å². The van der Waals surface area contributed by atoms with Crippen LogP contribution in [0.15, 0.2) is 54.6 Å². The first-order valence-corrected chi connectivity index (χ1v) is 7.27. The van der Waals surface area contributed by atoms with E-state index in [1.807, 2.05) is 48.5 Å². The van der Waals surface area contributed by atoms with Gasteiger partial charge >= 0.3 is 0 Å². The molecule has 0 aliphatic carbocycles. The van der Waals surface area contributed by atoms with Gasteiger partial charge in [0.05, 0.1) is 5.92 Å². The highest BCUT2D eigenvalue weighted by atomic mass is 35.5.